The van der Waals surface area contributed by atoms with Crippen LogP contribution in [-0.4, -0.2) is 29.3 Å². The molecule has 1 amide bonds. The third-order valence-electron chi connectivity index (χ3n) is 5.53. The molecule has 0 bridgehead atoms. The van der Waals surface area contributed by atoms with E-state index >= 15 is 0 Å². The molecule has 4 aromatic rings. The van der Waals surface area contributed by atoms with Crippen LogP contribution < -0.4 is 10.0 Å². The number of aromatic nitrogens is 3. The van der Waals surface area contributed by atoms with E-state index in [0.29, 0.717) is 17.1 Å². The van der Waals surface area contributed by atoms with Crippen molar-refractivity contribution >= 4 is 49.8 Å². The Hall–Kier alpha value is -3.56. The van der Waals surface area contributed by atoms with Crippen LogP contribution in [0, 0.1) is 5.92 Å². The first-order valence-electron chi connectivity index (χ1n) is 10.1. The van der Waals surface area contributed by atoms with Crippen LogP contribution in [-0.2, 0) is 14.8 Å². The summed E-state index contributed by atoms with van der Waals surface area (Å²) in [7, 11) is -3.77. The van der Waals surface area contributed by atoms with E-state index in [4.69, 9.17) is 11.6 Å². The van der Waals surface area contributed by atoms with Crippen molar-refractivity contribution in [3.8, 4) is 0 Å². The van der Waals surface area contributed by atoms with Crippen LogP contribution >= 0.6 is 11.6 Å². The second-order valence-corrected chi connectivity index (χ2v) is 9.85. The van der Waals surface area contributed by atoms with Crippen LogP contribution in [0.1, 0.15) is 17.9 Å². The van der Waals surface area contributed by atoms with Gasteiger partial charge >= 0.3 is 0 Å². The third kappa shape index (κ3) is 4.50. The zero-order valence-corrected chi connectivity index (χ0v) is 18.7. The van der Waals surface area contributed by atoms with E-state index in [1.165, 1.54) is 30.7 Å². The van der Waals surface area contributed by atoms with Gasteiger partial charge in [0.15, 0.2) is 5.82 Å². The number of fused-ring (bicyclic) bond motifs is 1. The minimum absolute atomic E-state index is 0.0444. The van der Waals surface area contributed by atoms with Crippen molar-refractivity contribution in [1.82, 2.24) is 15.0 Å². The standard InChI is InChI=1S/C23H18ClN5O3S/c24-21-12-26-11-15-1-4-16(9-19(15)21)28-23(30)20-10-18(20)14-2-5-17(6-3-14)33(31,32)29-22-13-25-7-8-27-22/h1-9,11-13,18,20H,10H2,(H,27,29)(H,28,30)/t18?,20-/m1/s1. The fraction of sp³-hybridized carbons (Fsp3) is 0.130. The Morgan fingerprint density at radius 3 is 2.58 bits per heavy atom. The molecule has 33 heavy (non-hydrogen) atoms. The molecular weight excluding hydrogens is 462 g/mol. The van der Waals surface area contributed by atoms with Gasteiger partial charge in [0.1, 0.15) is 0 Å². The van der Waals surface area contributed by atoms with Crippen molar-refractivity contribution < 1.29 is 13.2 Å². The smallest absolute Gasteiger partial charge is 0.263 e. The van der Waals surface area contributed by atoms with Crippen molar-refractivity contribution in [2.75, 3.05) is 10.0 Å². The highest BCUT2D eigenvalue weighted by molar-refractivity contribution is 7.92. The van der Waals surface area contributed by atoms with E-state index in [2.05, 4.69) is 25.0 Å². The van der Waals surface area contributed by atoms with E-state index < -0.39 is 10.0 Å². The molecule has 10 heteroatoms. The predicted molar refractivity (Wildman–Crippen MR) is 126 cm³/mol. The largest absolute Gasteiger partial charge is 0.326 e. The fourth-order valence-corrected chi connectivity index (χ4v) is 4.95. The lowest BCUT2D eigenvalue weighted by Gasteiger charge is -2.09. The second-order valence-electron chi connectivity index (χ2n) is 7.76. The van der Waals surface area contributed by atoms with Crippen LogP contribution in [0.5, 0.6) is 0 Å². The van der Waals surface area contributed by atoms with Gasteiger partial charge in [0.25, 0.3) is 10.0 Å². The number of hydrogen-bond donors (Lipinski definition) is 2. The monoisotopic (exact) mass is 479 g/mol. The lowest BCUT2D eigenvalue weighted by atomic mass is 10.1. The molecular formula is C23H18ClN5O3S. The van der Waals surface area contributed by atoms with Gasteiger partial charge in [-0.1, -0.05) is 29.8 Å². The molecule has 5 rings (SSSR count). The number of benzene rings is 2. The number of anilines is 2. The number of sulfonamides is 1. The Kier molecular flexibility index (Phi) is 5.43. The Labute approximate surface area is 195 Å². The summed E-state index contributed by atoms with van der Waals surface area (Å²) in [5.41, 5.74) is 1.59. The Bertz CT molecular complexity index is 1450. The van der Waals surface area contributed by atoms with E-state index in [-0.39, 0.29) is 28.5 Å². The van der Waals surface area contributed by atoms with Crippen molar-refractivity contribution in [2.45, 2.75) is 17.2 Å². The second kappa shape index (κ2) is 8.42. The predicted octanol–water partition coefficient (Wildman–Crippen LogP) is 4.22. The molecule has 1 unspecified atom stereocenters. The molecule has 0 saturated heterocycles. The molecule has 1 aliphatic carbocycles. The maximum atomic E-state index is 12.7. The summed E-state index contributed by atoms with van der Waals surface area (Å²) in [4.78, 5) is 24.7. The highest BCUT2D eigenvalue weighted by Crippen LogP contribution is 2.48. The molecule has 2 heterocycles. The quantitative estimate of drug-likeness (QED) is 0.428. The number of amides is 1. The topological polar surface area (TPSA) is 114 Å². The molecule has 2 N–H and O–H groups in total. The zero-order valence-electron chi connectivity index (χ0n) is 17.1. The normalized spacial score (nSPS) is 17.5. The lowest BCUT2D eigenvalue weighted by molar-refractivity contribution is -0.117. The lowest BCUT2D eigenvalue weighted by Crippen LogP contribution is -2.15. The summed E-state index contributed by atoms with van der Waals surface area (Å²) in [6, 6.07) is 12.1. The molecule has 1 aliphatic rings. The van der Waals surface area contributed by atoms with Crippen LogP contribution in [0.15, 0.2) is 78.3 Å². The van der Waals surface area contributed by atoms with E-state index in [0.717, 1.165) is 16.3 Å². The van der Waals surface area contributed by atoms with Gasteiger partial charge in [-0.15, -0.1) is 0 Å². The van der Waals surface area contributed by atoms with Crippen molar-refractivity contribution in [1.29, 1.82) is 0 Å². The van der Waals surface area contributed by atoms with E-state index in [1.54, 1.807) is 24.5 Å². The molecule has 1 fully saturated rings. The van der Waals surface area contributed by atoms with Gasteiger partial charge in [-0.3, -0.25) is 19.5 Å². The van der Waals surface area contributed by atoms with Gasteiger partial charge in [-0.25, -0.2) is 13.4 Å². The molecule has 2 atom stereocenters. The number of rotatable bonds is 6. The van der Waals surface area contributed by atoms with Crippen molar-refractivity contribution in [3.05, 3.63) is 84.0 Å². The maximum absolute atomic E-state index is 12.7. The minimum atomic E-state index is -3.77. The van der Waals surface area contributed by atoms with Gasteiger partial charge < -0.3 is 5.32 Å². The number of halogens is 1. The van der Waals surface area contributed by atoms with Crippen molar-refractivity contribution in [2.24, 2.45) is 5.92 Å². The Morgan fingerprint density at radius 2 is 1.82 bits per heavy atom. The van der Waals surface area contributed by atoms with E-state index in [9.17, 15) is 13.2 Å². The highest BCUT2D eigenvalue weighted by atomic mass is 35.5. The number of hydrogen-bond acceptors (Lipinski definition) is 6. The van der Waals surface area contributed by atoms with Gasteiger partial charge in [-0.05, 0) is 42.2 Å². The van der Waals surface area contributed by atoms with Gasteiger partial charge in [0.05, 0.1) is 16.1 Å². The summed E-state index contributed by atoms with van der Waals surface area (Å²) in [5.74, 6) is -0.0611. The molecule has 2 aromatic carbocycles. The van der Waals surface area contributed by atoms with Crippen LogP contribution in [0.4, 0.5) is 11.5 Å². The Balaban J connectivity index is 1.25. The van der Waals surface area contributed by atoms with Crippen LogP contribution in [0.3, 0.4) is 0 Å². The molecule has 166 valence electrons. The van der Waals surface area contributed by atoms with E-state index in [1.807, 2.05) is 18.2 Å². The van der Waals surface area contributed by atoms with Gasteiger partial charge in [-0.2, -0.15) is 0 Å². The zero-order chi connectivity index (χ0) is 23.0. The summed E-state index contributed by atoms with van der Waals surface area (Å²) in [6.07, 6.45) is 8.19. The highest BCUT2D eigenvalue weighted by Gasteiger charge is 2.44. The van der Waals surface area contributed by atoms with Crippen LogP contribution in [0.25, 0.3) is 10.8 Å². The summed E-state index contributed by atoms with van der Waals surface area (Å²) >= 11 is 6.20. The molecule has 2 aromatic heterocycles. The number of carbonyl (C=O) groups excluding carboxylic acids is 1. The Morgan fingerprint density at radius 1 is 1.00 bits per heavy atom. The molecule has 0 spiro atoms. The molecule has 1 saturated carbocycles. The summed E-state index contributed by atoms with van der Waals surface area (Å²) in [5, 5.41) is 5.19. The average molecular weight is 480 g/mol. The summed E-state index contributed by atoms with van der Waals surface area (Å²) < 4.78 is 27.5. The number of nitrogens with zero attached hydrogens (tertiary/aromatic N) is 3. The molecule has 8 nitrogen and oxygen atoms in total. The third-order valence-corrected chi connectivity index (χ3v) is 7.20. The van der Waals surface area contributed by atoms with Crippen LogP contribution in [0.2, 0.25) is 5.02 Å². The summed E-state index contributed by atoms with van der Waals surface area (Å²) in [6.45, 7) is 0. The molecule has 0 aliphatic heterocycles. The number of carbonyl (C=O) groups is 1. The first-order chi connectivity index (χ1) is 15.9. The maximum Gasteiger partial charge on any atom is 0.263 e. The first kappa shape index (κ1) is 21.3. The van der Waals surface area contributed by atoms with Crippen molar-refractivity contribution in [3.63, 3.8) is 0 Å². The minimum Gasteiger partial charge on any atom is -0.326 e. The first-order valence-corrected chi connectivity index (χ1v) is 12.0. The molecule has 0 radical (unpaired) electrons. The van der Waals surface area contributed by atoms with Gasteiger partial charge in [0.2, 0.25) is 5.91 Å². The van der Waals surface area contributed by atoms with Gasteiger partial charge in [0, 0.05) is 47.2 Å². The SMILES string of the molecule is O=C(Nc1ccc2cncc(Cl)c2c1)[C@@H]1CC1c1ccc(S(=O)(=O)Nc2cnccn2)cc1. The number of nitrogens with one attached hydrogen (secondary N) is 2. The number of pyridine rings is 1. The fourth-order valence-electron chi connectivity index (χ4n) is 3.74. The average Bonchev–Trinajstić information content (AvgIpc) is 3.61.